The molecule has 1 atom stereocenters. The van der Waals surface area contributed by atoms with E-state index >= 15 is 0 Å². The van der Waals surface area contributed by atoms with Gasteiger partial charge in [-0.1, -0.05) is 50.2 Å². The molecule has 0 aromatic heterocycles. The number of hydrogen-bond donors (Lipinski definition) is 2. The van der Waals surface area contributed by atoms with Crippen molar-refractivity contribution in [3.8, 4) is 5.75 Å². The van der Waals surface area contributed by atoms with Crippen molar-refractivity contribution in [1.29, 1.82) is 0 Å². The van der Waals surface area contributed by atoms with Crippen molar-refractivity contribution in [3.05, 3.63) is 65.7 Å². The van der Waals surface area contributed by atoms with Gasteiger partial charge in [0.05, 0.1) is 0 Å². The second kappa shape index (κ2) is 7.83. The summed E-state index contributed by atoms with van der Waals surface area (Å²) in [7, 11) is 0. The Labute approximate surface area is 147 Å². The number of hydrogen-bond acceptors (Lipinski definition) is 3. The van der Waals surface area contributed by atoms with Crippen LogP contribution in [0.2, 0.25) is 0 Å². The summed E-state index contributed by atoms with van der Waals surface area (Å²) in [5.41, 5.74) is 1.33. The first-order chi connectivity index (χ1) is 11.8. The van der Waals surface area contributed by atoms with Gasteiger partial charge in [-0.3, -0.25) is 4.79 Å². The molecule has 0 radical (unpaired) electrons. The zero-order valence-corrected chi connectivity index (χ0v) is 14.7. The summed E-state index contributed by atoms with van der Waals surface area (Å²) < 4.78 is 5.12. The average Bonchev–Trinajstić information content (AvgIpc) is 2.60. The van der Waals surface area contributed by atoms with E-state index in [1.54, 1.807) is 24.3 Å². The van der Waals surface area contributed by atoms with Gasteiger partial charge >= 0.3 is 5.97 Å². The number of rotatable bonds is 7. The van der Waals surface area contributed by atoms with Crippen molar-refractivity contribution in [1.82, 2.24) is 5.32 Å². The van der Waals surface area contributed by atoms with Crippen molar-refractivity contribution in [2.45, 2.75) is 32.2 Å². The minimum atomic E-state index is -1.06. The molecule has 0 aliphatic rings. The van der Waals surface area contributed by atoms with Crippen LogP contribution in [0.5, 0.6) is 5.75 Å². The van der Waals surface area contributed by atoms with E-state index in [0.29, 0.717) is 11.3 Å². The number of benzene rings is 2. The number of carbonyl (C=O) groups excluding carboxylic acids is 1. The second-order valence-electron chi connectivity index (χ2n) is 6.49. The summed E-state index contributed by atoms with van der Waals surface area (Å²) in [5.74, 6) is -0.935. The molecule has 1 amide bonds. The van der Waals surface area contributed by atoms with Crippen molar-refractivity contribution in [2.24, 2.45) is 0 Å². The van der Waals surface area contributed by atoms with Gasteiger partial charge in [-0.05, 0) is 30.7 Å². The number of amides is 1. The van der Waals surface area contributed by atoms with Crippen LogP contribution >= 0.6 is 0 Å². The first-order valence-electron chi connectivity index (χ1n) is 8.11. The summed E-state index contributed by atoms with van der Waals surface area (Å²) in [6.45, 7) is 5.69. The Morgan fingerprint density at radius 1 is 1.12 bits per heavy atom. The lowest BCUT2D eigenvalue weighted by Gasteiger charge is -2.33. The first kappa shape index (κ1) is 18.5. The Balaban J connectivity index is 2.08. The van der Waals surface area contributed by atoms with Crippen LogP contribution in [-0.2, 0) is 10.2 Å². The predicted molar refractivity (Wildman–Crippen MR) is 96.0 cm³/mol. The minimum Gasteiger partial charge on any atom is -0.482 e. The van der Waals surface area contributed by atoms with E-state index in [9.17, 15) is 9.59 Å². The van der Waals surface area contributed by atoms with E-state index in [4.69, 9.17) is 9.84 Å². The lowest BCUT2D eigenvalue weighted by atomic mass is 9.78. The van der Waals surface area contributed by atoms with Crippen LogP contribution in [0, 0.1) is 0 Å². The van der Waals surface area contributed by atoms with Gasteiger partial charge in [-0.15, -0.1) is 0 Å². The zero-order valence-electron chi connectivity index (χ0n) is 14.7. The number of carboxylic acid groups (broad SMARTS) is 1. The molecule has 0 bridgehead atoms. The fourth-order valence-corrected chi connectivity index (χ4v) is 2.45. The summed E-state index contributed by atoms with van der Waals surface area (Å²) in [6.07, 6.45) is 0. The van der Waals surface area contributed by atoms with Gasteiger partial charge in [0.2, 0.25) is 0 Å². The van der Waals surface area contributed by atoms with Crippen LogP contribution in [-0.4, -0.2) is 29.6 Å². The van der Waals surface area contributed by atoms with Gasteiger partial charge in [0.15, 0.2) is 6.61 Å². The highest BCUT2D eigenvalue weighted by Gasteiger charge is 2.29. The van der Waals surface area contributed by atoms with Gasteiger partial charge in [-0.2, -0.15) is 0 Å². The van der Waals surface area contributed by atoms with Crippen LogP contribution in [0.4, 0.5) is 0 Å². The minimum absolute atomic E-state index is 0.106. The molecular formula is C20H23NO4. The molecule has 25 heavy (non-hydrogen) atoms. The van der Waals surface area contributed by atoms with E-state index in [1.807, 2.05) is 37.3 Å². The third-order valence-corrected chi connectivity index (χ3v) is 4.41. The quantitative estimate of drug-likeness (QED) is 0.810. The normalized spacial score (nSPS) is 12.3. The molecule has 1 unspecified atom stereocenters. The number of aliphatic carboxylic acids is 1. The molecule has 0 saturated heterocycles. The van der Waals surface area contributed by atoms with Gasteiger partial charge in [0, 0.05) is 17.0 Å². The fraction of sp³-hybridized carbons (Fsp3) is 0.300. The second-order valence-corrected chi connectivity index (χ2v) is 6.49. The Morgan fingerprint density at radius 2 is 1.80 bits per heavy atom. The lowest BCUT2D eigenvalue weighted by Crippen LogP contribution is -2.45. The standard InChI is InChI=1S/C20H23NO4/c1-14(20(2,3)16-9-5-4-6-10-16)21-19(24)15-8-7-11-17(12-15)25-13-18(22)23/h4-12,14H,13H2,1-3H3,(H,21,24)(H,22,23). The molecule has 2 aromatic carbocycles. The maximum Gasteiger partial charge on any atom is 0.341 e. The van der Waals surface area contributed by atoms with Crippen LogP contribution in [0.15, 0.2) is 54.6 Å². The van der Waals surface area contributed by atoms with Crippen LogP contribution in [0.1, 0.15) is 36.7 Å². The van der Waals surface area contributed by atoms with Crippen molar-refractivity contribution in [2.75, 3.05) is 6.61 Å². The predicted octanol–water partition coefficient (Wildman–Crippen LogP) is 3.25. The maximum absolute atomic E-state index is 12.5. The first-order valence-corrected chi connectivity index (χ1v) is 8.11. The van der Waals surface area contributed by atoms with E-state index in [0.717, 1.165) is 5.56 Å². The third kappa shape index (κ3) is 4.83. The number of carbonyl (C=O) groups is 2. The van der Waals surface area contributed by atoms with E-state index < -0.39 is 12.6 Å². The van der Waals surface area contributed by atoms with Gasteiger partial charge in [-0.25, -0.2) is 4.79 Å². The van der Waals surface area contributed by atoms with Crippen molar-refractivity contribution in [3.63, 3.8) is 0 Å². The molecule has 0 aliphatic carbocycles. The maximum atomic E-state index is 12.5. The number of carboxylic acids is 1. The zero-order chi connectivity index (χ0) is 18.4. The molecule has 0 saturated carbocycles. The van der Waals surface area contributed by atoms with E-state index in [1.165, 1.54) is 0 Å². The Bertz CT molecular complexity index is 740. The highest BCUT2D eigenvalue weighted by molar-refractivity contribution is 5.94. The van der Waals surface area contributed by atoms with Crippen molar-refractivity contribution >= 4 is 11.9 Å². The average molecular weight is 341 g/mol. The summed E-state index contributed by atoms with van der Waals surface area (Å²) in [4.78, 5) is 23.1. The Morgan fingerprint density at radius 3 is 2.44 bits per heavy atom. The highest BCUT2D eigenvalue weighted by Crippen LogP contribution is 2.27. The molecule has 0 aliphatic heterocycles. The Hall–Kier alpha value is -2.82. The van der Waals surface area contributed by atoms with Crippen LogP contribution < -0.4 is 10.1 Å². The largest absolute Gasteiger partial charge is 0.482 e. The lowest BCUT2D eigenvalue weighted by molar-refractivity contribution is -0.139. The smallest absolute Gasteiger partial charge is 0.341 e. The molecule has 132 valence electrons. The fourth-order valence-electron chi connectivity index (χ4n) is 2.45. The molecular weight excluding hydrogens is 318 g/mol. The third-order valence-electron chi connectivity index (χ3n) is 4.41. The SMILES string of the molecule is CC(NC(=O)c1cccc(OCC(=O)O)c1)C(C)(C)c1ccccc1. The topological polar surface area (TPSA) is 75.6 Å². The number of nitrogens with one attached hydrogen (secondary N) is 1. The summed E-state index contributed by atoms with van der Waals surface area (Å²) in [6, 6.07) is 16.4. The highest BCUT2D eigenvalue weighted by atomic mass is 16.5. The number of ether oxygens (including phenoxy) is 1. The monoisotopic (exact) mass is 341 g/mol. The Kier molecular flexibility index (Phi) is 5.80. The van der Waals surface area contributed by atoms with Crippen LogP contribution in [0.25, 0.3) is 0 Å². The molecule has 2 aromatic rings. The van der Waals surface area contributed by atoms with Crippen molar-refractivity contribution < 1.29 is 19.4 Å². The van der Waals surface area contributed by atoms with Gasteiger partial charge in [0.25, 0.3) is 5.91 Å². The molecule has 0 heterocycles. The van der Waals surface area contributed by atoms with Gasteiger partial charge in [0.1, 0.15) is 5.75 Å². The molecule has 5 heteroatoms. The summed E-state index contributed by atoms with van der Waals surface area (Å²) in [5, 5.41) is 11.7. The molecule has 2 N–H and O–H groups in total. The molecule has 0 fully saturated rings. The van der Waals surface area contributed by atoms with E-state index in [2.05, 4.69) is 19.2 Å². The molecule has 2 rings (SSSR count). The molecule has 0 spiro atoms. The summed E-state index contributed by atoms with van der Waals surface area (Å²) >= 11 is 0. The molecule has 5 nitrogen and oxygen atoms in total. The van der Waals surface area contributed by atoms with Gasteiger partial charge < -0.3 is 15.2 Å². The van der Waals surface area contributed by atoms with Crippen LogP contribution in [0.3, 0.4) is 0 Å². The van der Waals surface area contributed by atoms with E-state index in [-0.39, 0.29) is 17.4 Å².